The van der Waals surface area contributed by atoms with Crippen molar-refractivity contribution in [1.82, 2.24) is 4.72 Å². The number of nitrogens with one attached hydrogen (secondary N) is 1. The molecule has 1 N–H and O–H groups in total. The topological polar surface area (TPSA) is 64.6 Å². The van der Waals surface area contributed by atoms with Crippen LogP contribution in [0, 0.1) is 0 Å². The third-order valence-electron chi connectivity index (χ3n) is 4.17. The van der Waals surface area contributed by atoms with E-state index in [4.69, 9.17) is 9.47 Å². The molecule has 142 valence electrons. The molecule has 0 heterocycles. The predicted octanol–water partition coefficient (Wildman–Crippen LogP) is 3.57. The number of sulfonamides is 1. The highest BCUT2D eigenvalue weighted by Gasteiger charge is 2.13. The third-order valence-corrected chi connectivity index (χ3v) is 5.65. The molecular weight excluding hydrogens is 350 g/mol. The Balaban J connectivity index is 1.97. The summed E-state index contributed by atoms with van der Waals surface area (Å²) in [6, 6.07) is 12.6. The molecule has 0 aromatic heterocycles. The number of benzene rings is 2. The minimum absolute atomic E-state index is 0.293. The maximum Gasteiger partial charge on any atom is 0.240 e. The van der Waals surface area contributed by atoms with Crippen LogP contribution in [0.3, 0.4) is 0 Å². The highest BCUT2D eigenvalue weighted by Crippen LogP contribution is 2.22. The zero-order chi connectivity index (χ0) is 19.0. The highest BCUT2D eigenvalue weighted by molar-refractivity contribution is 7.89. The monoisotopic (exact) mass is 377 g/mol. The summed E-state index contributed by atoms with van der Waals surface area (Å²) in [5.41, 5.74) is 2.10. The Bertz CT molecular complexity index is 779. The van der Waals surface area contributed by atoms with Crippen molar-refractivity contribution >= 4 is 10.0 Å². The lowest BCUT2D eigenvalue weighted by Gasteiger charge is -2.10. The summed E-state index contributed by atoms with van der Waals surface area (Å²) >= 11 is 0. The van der Waals surface area contributed by atoms with E-state index in [1.807, 2.05) is 24.3 Å². The van der Waals surface area contributed by atoms with E-state index < -0.39 is 10.0 Å². The molecule has 0 radical (unpaired) electrons. The summed E-state index contributed by atoms with van der Waals surface area (Å²) in [5, 5.41) is 0. The van der Waals surface area contributed by atoms with Gasteiger partial charge in [-0.25, -0.2) is 13.1 Å². The maximum absolute atomic E-state index is 12.4. The third kappa shape index (κ3) is 5.75. The largest absolute Gasteiger partial charge is 0.497 e. The summed E-state index contributed by atoms with van der Waals surface area (Å²) in [4.78, 5) is 0.293. The average Bonchev–Trinajstić information content (AvgIpc) is 2.66. The van der Waals surface area contributed by atoms with Gasteiger partial charge in [-0.2, -0.15) is 0 Å². The average molecular weight is 378 g/mol. The van der Waals surface area contributed by atoms with Gasteiger partial charge in [-0.05, 0) is 54.7 Å². The Morgan fingerprint density at radius 3 is 2.04 bits per heavy atom. The first-order valence-corrected chi connectivity index (χ1v) is 10.3. The van der Waals surface area contributed by atoms with Crippen LogP contribution in [0.2, 0.25) is 0 Å². The van der Waals surface area contributed by atoms with Crippen LogP contribution in [0.1, 0.15) is 30.9 Å². The van der Waals surface area contributed by atoms with E-state index in [0.29, 0.717) is 29.4 Å². The van der Waals surface area contributed by atoms with E-state index >= 15 is 0 Å². The van der Waals surface area contributed by atoms with Crippen LogP contribution in [0.5, 0.6) is 11.5 Å². The minimum atomic E-state index is -3.51. The number of methoxy groups -OCH3 is 2. The van der Waals surface area contributed by atoms with Crippen LogP contribution in [0.25, 0.3) is 0 Å². The quantitative estimate of drug-likeness (QED) is 0.687. The van der Waals surface area contributed by atoms with E-state index in [0.717, 1.165) is 30.4 Å². The summed E-state index contributed by atoms with van der Waals surface area (Å²) in [5.74, 6) is 1.37. The van der Waals surface area contributed by atoms with Crippen LogP contribution in [0.4, 0.5) is 0 Å². The highest BCUT2D eigenvalue weighted by atomic mass is 32.2. The minimum Gasteiger partial charge on any atom is -0.497 e. The van der Waals surface area contributed by atoms with Crippen molar-refractivity contribution in [2.75, 3.05) is 20.8 Å². The molecular formula is C20H27NO4S. The molecule has 5 nitrogen and oxygen atoms in total. The first kappa shape index (κ1) is 20.3. The first-order valence-electron chi connectivity index (χ1n) is 8.79. The molecule has 2 aromatic carbocycles. The fourth-order valence-corrected chi connectivity index (χ4v) is 3.67. The van der Waals surface area contributed by atoms with E-state index in [-0.39, 0.29) is 0 Å². The van der Waals surface area contributed by atoms with E-state index in [1.54, 1.807) is 32.4 Å². The molecule has 0 bridgehead atoms. The molecule has 0 aliphatic rings. The Morgan fingerprint density at radius 1 is 0.885 bits per heavy atom. The van der Waals surface area contributed by atoms with Crippen LogP contribution < -0.4 is 14.2 Å². The van der Waals surface area contributed by atoms with Gasteiger partial charge in [0.1, 0.15) is 11.5 Å². The molecule has 6 heteroatoms. The van der Waals surface area contributed by atoms with Gasteiger partial charge in [0.05, 0.1) is 19.1 Å². The number of ether oxygens (including phenoxy) is 2. The van der Waals surface area contributed by atoms with Gasteiger partial charge in [-0.15, -0.1) is 0 Å². The molecule has 0 amide bonds. The smallest absolute Gasteiger partial charge is 0.240 e. The molecule has 0 saturated heterocycles. The Hall–Kier alpha value is -2.05. The lowest BCUT2D eigenvalue weighted by Crippen LogP contribution is -2.26. The fraction of sp³-hybridized carbons (Fsp3) is 0.400. The standard InChI is InChI=1S/C20H27NO4S/c1-4-5-6-16-7-9-20(10-8-16)26(22,23)21-12-11-17-13-18(24-2)15-19(14-17)25-3/h7-10,13-15,21H,4-6,11-12H2,1-3H3. The van der Waals surface area contributed by atoms with Gasteiger partial charge in [0.25, 0.3) is 0 Å². The van der Waals surface area contributed by atoms with Crippen molar-refractivity contribution in [2.24, 2.45) is 0 Å². The normalized spacial score (nSPS) is 11.3. The molecule has 26 heavy (non-hydrogen) atoms. The van der Waals surface area contributed by atoms with Crippen molar-refractivity contribution in [2.45, 2.75) is 37.5 Å². The van der Waals surface area contributed by atoms with E-state index in [2.05, 4.69) is 11.6 Å². The molecule has 2 aromatic rings. The molecule has 0 atom stereocenters. The number of hydrogen-bond donors (Lipinski definition) is 1. The van der Waals surface area contributed by atoms with Crippen LogP contribution in [0.15, 0.2) is 47.4 Å². The molecule has 0 fully saturated rings. The van der Waals surface area contributed by atoms with Crippen LogP contribution in [-0.4, -0.2) is 29.2 Å². The van der Waals surface area contributed by atoms with Crippen molar-refractivity contribution in [3.63, 3.8) is 0 Å². The number of hydrogen-bond acceptors (Lipinski definition) is 4. The summed E-state index contributed by atoms with van der Waals surface area (Å²) < 4.78 is 38.0. The lowest BCUT2D eigenvalue weighted by atomic mass is 10.1. The Morgan fingerprint density at radius 2 is 1.50 bits per heavy atom. The fourth-order valence-electron chi connectivity index (χ4n) is 2.64. The van der Waals surface area contributed by atoms with Crippen molar-refractivity contribution in [3.8, 4) is 11.5 Å². The second kappa shape index (κ2) is 9.59. The van der Waals surface area contributed by atoms with Crippen molar-refractivity contribution < 1.29 is 17.9 Å². The first-order chi connectivity index (χ1) is 12.5. The van der Waals surface area contributed by atoms with Gasteiger partial charge in [0.15, 0.2) is 0 Å². The van der Waals surface area contributed by atoms with Gasteiger partial charge in [0, 0.05) is 12.6 Å². The van der Waals surface area contributed by atoms with Gasteiger partial charge in [-0.1, -0.05) is 25.5 Å². The molecule has 0 aliphatic heterocycles. The van der Waals surface area contributed by atoms with Gasteiger partial charge in [-0.3, -0.25) is 0 Å². The number of unbranched alkanes of at least 4 members (excludes halogenated alkanes) is 1. The lowest BCUT2D eigenvalue weighted by molar-refractivity contribution is 0.393. The SMILES string of the molecule is CCCCc1ccc(S(=O)(=O)NCCc2cc(OC)cc(OC)c2)cc1. The second-order valence-electron chi connectivity index (χ2n) is 6.12. The van der Waals surface area contributed by atoms with Crippen LogP contribution in [-0.2, 0) is 22.9 Å². The van der Waals surface area contributed by atoms with Crippen molar-refractivity contribution in [3.05, 3.63) is 53.6 Å². The van der Waals surface area contributed by atoms with Gasteiger partial charge < -0.3 is 9.47 Å². The molecule has 2 rings (SSSR count). The van der Waals surface area contributed by atoms with Crippen LogP contribution >= 0.6 is 0 Å². The summed E-state index contributed by atoms with van der Waals surface area (Å²) in [6.45, 7) is 2.44. The van der Waals surface area contributed by atoms with Gasteiger partial charge in [0.2, 0.25) is 10.0 Å². The van der Waals surface area contributed by atoms with E-state index in [9.17, 15) is 8.42 Å². The number of rotatable bonds is 10. The molecule has 0 aliphatic carbocycles. The van der Waals surface area contributed by atoms with E-state index in [1.165, 1.54) is 0 Å². The molecule has 0 saturated carbocycles. The number of aryl methyl sites for hydroxylation is 1. The maximum atomic E-state index is 12.4. The zero-order valence-electron chi connectivity index (χ0n) is 15.6. The predicted molar refractivity (Wildman–Crippen MR) is 103 cm³/mol. The summed E-state index contributed by atoms with van der Waals surface area (Å²) in [7, 11) is -0.334. The van der Waals surface area contributed by atoms with Gasteiger partial charge >= 0.3 is 0 Å². The Kier molecular flexibility index (Phi) is 7.48. The Labute approximate surface area is 156 Å². The zero-order valence-corrected chi connectivity index (χ0v) is 16.4. The second-order valence-corrected chi connectivity index (χ2v) is 7.88. The molecule has 0 spiro atoms. The molecule has 0 unspecified atom stereocenters. The summed E-state index contributed by atoms with van der Waals surface area (Å²) in [6.07, 6.45) is 3.74. The van der Waals surface area contributed by atoms with Crippen molar-refractivity contribution in [1.29, 1.82) is 0 Å².